The van der Waals surface area contributed by atoms with Crippen molar-refractivity contribution in [2.24, 2.45) is 0 Å². The van der Waals surface area contributed by atoms with Crippen molar-refractivity contribution in [3.05, 3.63) is 59.9 Å². The molecule has 1 aromatic carbocycles. The topological polar surface area (TPSA) is 64.5 Å². The molecule has 0 amide bonds. The summed E-state index contributed by atoms with van der Waals surface area (Å²) in [5, 5.41) is 13.2. The molecule has 2 aromatic heterocycles. The molecular weight excluding hydrogens is 248 g/mol. The van der Waals surface area contributed by atoms with Crippen molar-refractivity contribution in [2.75, 3.05) is 5.32 Å². The highest BCUT2D eigenvalue weighted by molar-refractivity contribution is 5.79. The molecule has 0 spiro atoms. The van der Waals surface area contributed by atoms with E-state index in [9.17, 15) is 0 Å². The van der Waals surface area contributed by atoms with E-state index in [0.29, 0.717) is 6.42 Å². The Morgan fingerprint density at radius 1 is 1.20 bits per heavy atom. The van der Waals surface area contributed by atoms with E-state index < -0.39 is 0 Å². The fourth-order valence-electron chi connectivity index (χ4n) is 2.19. The van der Waals surface area contributed by atoms with Crippen LogP contribution in [0.3, 0.4) is 0 Å². The van der Waals surface area contributed by atoms with Crippen LogP contribution in [-0.2, 0) is 13.0 Å². The average Bonchev–Trinajstić information content (AvgIpc) is 2.90. The van der Waals surface area contributed by atoms with Crippen LogP contribution in [0.2, 0.25) is 0 Å². The van der Waals surface area contributed by atoms with Gasteiger partial charge < -0.3 is 10.3 Å². The number of anilines is 1. The van der Waals surface area contributed by atoms with Gasteiger partial charge in [0.2, 0.25) is 0 Å². The quantitative estimate of drug-likeness (QED) is 0.758. The number of pyridine rings is 1. The Balaban J connectivity index is 1.71. The van der Waals surface area contributed by atoms with Gasteiger partial charge in [0.1, 0.15) is 5.65 Å². The lowest BCUT2D eigenvalue weighted by molar-refractivity contribution is 1.16. The SMILES string of the molecule is N#CCc1ccc(NCc2c[nH]c3ncccc23)cc1. The van der Waals surface area contributed by atoms with Crippen molar-refractivity contribution in [3.8, 4) is 6.07 Å². The smallest absolute Gasteiger partial charge is 0.137 e. The molecule has 4 nitrogen and oxygen atoms in total. The number of fused-ring (bicyclic) bond motifs is 1. The zero-order chi connectivity index (χ0) is 13.8. The Hall–Kier alpha value is -2.80. The number of aromatic amines is 1. The molecule has 0 aliphatic rings. The first-order valence-corrected chi connectivity index (χ1v) is 6.47. The molecule has 4 heteroatoms. The first kappa shape index (κ1) is 12.2. The molecule has 3 rings (SSSR count). The molecule has 20 heavy (non-hydrogen) atoms. The zero-order valence-electron chi connectivity index (χ0n) is 10.9. The van der Waals surface area contributed by atoms with E-state index in [2.05, 4.69) is 27.4 Å². The van der Waals surface area contributed by atoms with Gasteiger partial charge in [0.05, 0.1) is 12.5 Å². The van der Waals surface area contributed by atoms with Crippen molar-refractivity contribution < 1.29 is 0 Å². The minimum atomic E-state index is 0.453. The maximum atomic E-state index is 8.64. The van der Waals surface area contributed by atoms with Gasteiger partial charge in [0, 0.05) is 30.0 Å². The first-order valence-electron chi connectivity index (χ1n) is 6.47. The highest BCUT2D eigenvalue weighted by atomic mass is 14.9. The predicted molar refractivity (Wildman–Crippen MR) is 79.2 cm³/mol. The van der Waals surface area contributed by atoms with E-state index in [-0.39, 0.29) is 0 Å². The molecule has 0 saturated heterocycles. The molecule has 0 bridgehead atoms. The lowest BCUT2D eigenvalue weighted by Gasteiger charge is -2.06. The Labute approximate surface area is 117 Å². The summed E-state index contributed by atoms with van der Waals surface area (Å²) in [6.45, 7) is 0.739. The summed E-state index contributed by atoms with van der Waals surface area (Å²) in [5.74, 6) is 0. The van der Waals surface area contributed by atoms with Crippen molar-refractivity contribution >= 4 is 16.7 Å². The number of H-pyrrole nitrogens is 1. The van der Waals surface area contributed by atoms with E-state index in [1.165, 1.54) is 5.56 Å². The second kappa shape index (κ2) is 5.45. The predicted octanol–water partition coefficient (Wildman–Crippen LogP) is 3.24. The van der Waals surface area contributed by atoms with Crippen molar-refractivity contribution in [1.82, 2.24) is 9.97 Å². The molecule has 0 saturated carbocycles. The molecule has 0 unspecified atom stereocenters. The first-order chi connectivity index (χ1) is 9.86. The molecule has 0 fully saturated rings. The van der Waals surface area contributed by atoms with E-state index in [1.54, 1.807) is 6.20 Å². The van der Waals surface area contributed by atoms with Crippen LogP contribution in [0.1, 0.15) is 11.1 Å². The van der Waals surface area contributed by atoms with Crippen LogP contribution >= 0.6 is 0 Å². The van der Waals surface area contributed by atoms with Gasteiger partial charge in [-0.25, -0.2) is 4.98 Å². The fourth-order valence-corrected chi connectivity index (χ4v) is 2.19. The van der Waals surface area contributed by atoms with Gasteiger partial charge in [-0.05, 0) is 35.4 Å². The molecule has 2 heterocycles. The van der Waals surface area contributed by atoms with Gasteiger partial charge >= 0.3 is 0 Å². The third-order valence-electron chi connectivity index (χ3n) is 3.26. The number of hydrogen-bond acceptors (Lipinski definition) is 3. The van der Waals surface area contributed by atoms with Crippen LogP contribution in [0, 0.1) is 11.3 Å². The molecule has 0 aliphatic carbocycles. The Kier molecular flexibility index (Phi) is 3.34. The normalized spacial score (nSPS) is 10.3. The number of hydrogen-bond donors (Lipinski definition) is 2. The van der Waals surface area contributed by atoms with E-state index >= 15 is 0 Å². The molecule has 98 valence electrons. The van der Waals surface area contributed by atoms with Gasteiger partial charge in [0.25, 0.3) is 0 Å². The maximum absolute atomic E-state index is 8.64. The van der Waals surface area contributed by atoms with Gasteiger partial charge in [-0.1, -0.05) is 12.1 Å². The highest BCUT2D eigenvalue weighted by Gasteiger charge is 2.03. The van der Waals surface area contributed by atoms with Crippen LogP contribution in [0.4, 0.5) is 5.69 Å². The summed E-state index contributed by atoms with van der Waals surface area (Å²) < 4.78 is 0. The lowest BCUT2D eigenvalue weighted by Crippen LogP contribution is -1.98. The minimum Gasteiger partial charge on any atom is -0.381 e. The maximum Gasteiger partial charge on any atom is 0.137 e. The number of nitrogens with one attached hydrogen (secondary N) is 2. The van der Waals surface area contributed by atoms with Crippen LogP contribution in [0.5, 0.6) is 0 Å². The molecule has 0 atom stereocenters. The van der Waals surface area contributed by atoms with Gasteiger partial charge in [-0.3, -0.25) is 0 Å². The van der Waals surface area contributed by atoms with Crippen molar-refractivity contribution in [3.63, 3.8) is 0 Å². The Bertz CT molecular complexity index is 750. The Morgan fingerprint density at radius 3 is 2.85 bits per heavy atom. The molecule has 0 radical (unpaired) electrons. The molecular formula is C16H14N4. The van der Waals surface area contributed by atoms with E-state index in [4.69, 9.17) is 5.26 Å². The number of nitriles is 1. The summed E-state index contributed by atoms with van der Waals surface area (Å²) in [6.07, 6.45) is 4.22. The zero-order valence-corrected chi connectivity index (χ0v) is 10.9. The number of nitrogens with zero attached hydrogens (tertiary/aromatic N) is 2. The van der Waals surface area contributed by atoms with Crippen LogP contribution < -0.4 is 5.32 Å². The third kappa shape index (κ3) is 2.47. The molecule has 2 N–H and O–H groups in total. The summed E-state index contributed by atoms with van der Waals surface area (Å²) in [6, 6.07) is 14.1. The average molecular weight is 262 g/mol. The van der Waals surface area contributed by atoms with Gasteiger partial charge in [0.15, 0.2) is 0 Å². The Morgan fingerprint density at radius 2 is 2.05 bits per heavy atom. The van der Waals surface area contributed by atoms with Crippen LogP contribution in [0.15, 0.2) is 48.8 Å². The van der Waals surface area contributed by atoms with Crippen LogP contribution in [0.25, 0.3) is 11.0 Å². The summed E-state index contributed by atoms with van der Waals surface area (Å²) >= 11 is 0. The minimum absolute atomic E-state index is 0.453. The number of rotatable bonds is 4. The highest BCUT2D eigenvalue weighted by Crippen LogP contribution is 2.17. The standard InChI is InChI=1S/C16H14N4/c17-8-7-12-3-5-14(6-4-12)19-10-13-11-20-16-15(13)2-1-9-18-16/h1-6,9,11,19H,7,10H2,(H,18,20). The van der Waals surface area contributed by atoms with E-state index in [1.807, 2.05) is 36.5 Å². The number of aromatic nitrogens is 2. The summed E-state index contributed by atoms with van der Waals surface area (Å²) in [5.41, 5.74) is 4.18. The number of benzene rings is 1. The molecule has 0 aliphatic heterocycles. The second-order valence-corrected chi connectivity index (χ2v) is 4.60. The van der Waals surface area contributed by atoms with Crippen molar-refractivity contribution in [1.29, 1.82) is 5.26 Å². The van der Waals surface area contributed by atoms with Crippen molar-refractivity contribution in [2.45, 2.75) is 13.0 Å². The largest absolute Gasteiger partial charge is 0.381 e. The van der Waals surface area contributed by atoms with Gasteiger partial charge in [-0.2, -0.15) is 5.26 Å². The summed E-state index contributed by atoms with van der Waals surface area (Å²) in [7, 11) is 0. The second-order valence-electron chi connectivity index (χ2n) is 4.60. The van der Waals surface area contributed by atoms with E-state index in [0.717, 1.165) is 28.8 Å². The van der Waals surface area contributed by atoms with Gasteiger partial charge in [-0.15, -0.1) is 0 Å². The lowest BCUT2D eigenvalue weighted by atomic mass is 10.1. The monoisotopic (exact) mass is 262 g/mol. The van der Waals surface area contributed by atoms with Crippen LogP contribution in [-0.4, -0.2) is 9.97 Å². The fraction of sp³-hybridized carbons (Fsp3) is 0.125. The third-order valence-corrected chi connectivity index (χ3v) is 3.26. The summed E-state index contributed by atoms with van der Waals surface area (Å²) in [4.78, 5) is 7.44. The molecule has 3 aromatic rings.